The molecule has 0 saturated carbocycles. The van der Waals surface area contributed by atoms with E-state index in [4.69, 9.17) is 14.1 Å². The highest BCUT2D eigenvalue weighted by molar-refractivity contribution is 5.95. The second-order valence-corrected chi connectivity index (χ2v) is 7.94. The molecule has 5 nitrogen and oxygen atoms in total. The normalized spacial score (nSPS) is 16.1. The molecular weight excluding hydrogens is 388 g/mol. The molecule has 0 N–H and O–H groups in total. The molecule has 31 heavy (non-hydrogen) atoms. The van der Waals surface area contributed by atoms with Gasteiger partial charge >= 0.3 is 0 Å². The molecule has 0 bridgehead atoms. The fourth-order valence-corrected chi connectivity index (χ4v) is 4.34. The van der Waals surface area contributed by atoms with E-state index in [0.717, 1.165) is 29.5 Å². The standard InChI is InChI=1S/C26H24N2O3/c1-17-7-3-4-10-21(17)18-12-13-24-22(16-18)27-25(31-24)23-11-6-14-28(23)26(29)19-8-5-9-20(15-19)30-2/h3-5,7-10,12-13,15-16,23H,6,11,14H2,1-2H3/t23-/m1/s1. The van der Waals surface area contributed by atoms with E-state index in [0.29, 0.717) is 23.7 Å². The van der Waals surface area contributed by atoms with Gasteiger partial charge in [0.15, 0.2) is 5.58 Å². The average molecular weight is 412 g/mol. The van der Waals surface area contributed by atoms with Crippen molar-refractivity contribution in [1.82, 2.24) is 9.88 Å². The summed E-state index contributed by atoms with van der Waals surface area (Å²) in [5.74, 6) is 1.25. The van der Waals surface area contributed by atoms with Gasteiger partial charge in [-0.1, -0.05) is 36.4 Å². The van der Waals surface area contributed by atoms with Crippen molar-refractivity contribution in [2.45, 2.75) is 25.8 Å². The highest BCUT2D eigenvalue weighted by Gasteiger charge is 2.34. The number of hydrogen-bond acceptors (Lipinski definition) is 4. The minimum atomic E-state index is -0.159. The van der Waals surface area contributed by atoms with Crippen LogP contribution in [-0.2, 0) is 0 Å². The molecule has 4 aromatic rings. The Kier molecular flexibility index (Phi) is 4.94. The maximum absolute atomic E-state index is 13.2. The third-order valence-corrected chi connectivity index (χ3v) is 5.98. The predicted molar refractivity (Wildman–Crippen MR) is 120 cm³/mol. The second-order valence-electron chi connectivity index (χ2n) is 7.94. The van der Waals surface area contributed by atoms with E-state index in [1.807, 2.05) is 41.3 Å². The van der Waals surface area contributed by atoms with Crippen molar-refractivity contribution in [1.29, 1.82) is 0 Å². The summed E-state index contributed by atoms with van der Waals surface area (Å²) in [6, 6.07) is 21.5. The van der Waals surface area contributed by atoms with Crippen LogP contribution in [0, 0.1) is 6.92 Å². The first-order valence-electron chi connectivity index (χ1n) is 10.6. The maximum atomic E-state index is 13.2. The van der Waals surface area contributed by atoms with Gasteiger partial charge in [-0.15, -0.1) is 0 Å². The Bertz CT molecular complexity index is 1260. The number of methoxy groups -OCH3 is 1. The molecule has 1 fully saturated rings. The van der Waals surface area contributed by atoms with Gasteiger partial charge in [-0.2, -0.15) is 0 Å². The van der Waals surface area contributed by atoms with Crippen molar-refractivity contribution in [2.24, 2.45) is 0 Å². The summed E-state index contributed by atoms with van der Waals surface area (Å²) in [5.41, 5.74) is 5.69. The van der Waals surface area contributed by atoms with Gasteiger partial charge in [0.2, 0.25) is 5.89 Å². The fraction of sp³-hybridized carbons (Fsp3) is 0.231. The van der Waals surface area contributed by atoms with Crippen molar-refractivity contribution in [3.8, 4) is 16.9 Å². The minimum Gasteiger partial charge on any atom is -0.497 e. The predicted octanol–water partition coefficient (Wildman–Crippen LogP) is 5.79. The van der Waals surface area contributed by atoms with E-state index >= 15 is 0 Å². The summed E-state index contributed by atoms with van der Waals surface area (Å²) < 4.78 is 11.4. The Labute approximate surface area is 181 Å². The number of amides is 1. The van der Waals surface area contributed by atoms with Crippen LogP contribution in [0.2, 0.25) is 0 Å². The topological polar surface area (TPSA) is 55.6 Å². The molecule has 2 heterocycles. The van der Waals surface area contributed by atoms with Crippen LogP contribution in [0.15, 0.2) is 71.1 Å². The number of aryl methyl sites for hydroxylation is 1. The average Bonchev–Trinajstić information content (AvgIpc) is 3.45. The Morgan fingerprint density at radius 1 is 1.10 bits per heavy atom. The van der Waals surface area contributed by atoms with Gasteiger partial charge in [0, 0.05) is 12.1 Å². The van der Waals surface area contributed by atoms with Crippen LogP contribution in [0.3, 0.4) is 0 Å². The van der Waals surface area contributed by atoms with Gasteiger partial charge in [-0.25, -0.2) is 4.98 Å². The highest BCUT2D eigenvalue weighted by atomic mass is 16.5. The van der Waals surface area contributed by atoms with Crippen LogP contribution in [0.25, 0.3) is 22.2 Å². The number of rotatable bonds is 4. The van der Waals surface area contributed by atoms with Crippen molar-refractivity contribution in [3.05, 3.63) is 83.7 Å². The number of hydrogen-bond donors (Lipinski definition) is 0. The first-order chi connectivity index (χ1) is 15.1. The lowest BCUT2D eigenvalue weighted by molar-refractivity contribution is 0.0716. The number of ether oxygens (including phenoxy) is 1. The van der Waals surface area contributed by atoms with Crippen LogP contribution < -0.4 is 4.74 Å². The largest absolute Gasteiger partial charge is 0.497 e. The Morgan fingerprint density at radius 3 is 2.81 bits per heavy atom. The van der Waals surface area contributed by atoms with Crippen molar-refractivity contribution < 1.29 is 13.9 Å². The van der Waals surface area contributed by atoms with Gasteiger partial charge in [0.25, 0.3) is 5.91 Å². The van der Waals surface area contributed by atoms with Crippen molar-refractivity contribution in [3.63, 3.8) is 0 Å². The number of oxazole rings is 1. The van der Waals surface area contributed by atoms with E-state index in [9.17, 15) is 4.79 Å². The van der Waals surface area contributed by atoms with Gasteiger partial charge < -0.3 is 14.1 Å². The molecule has 156 valence electrons. The smallest absolute Gasteiger partial charge is 0.254 e. The quantitative estimate of drug-likeness (QED) is 0.426. The molecule has 1 aliphatic rings. The number of likely N-dealkylation sites (tertiary alicyclic amines) is 1. The molecule has 5 heteroatoms. The molecule has 1 aromatic heterocycles. The summed E-state index contributed by atoms with van der Waals surface area (Å²) >= 11 is 0. The van der Waals surface area contributed by atoms with E-state index in [1.54, 1.807) is 13.2 Å². The van der Waals surface area contributed by atoms with Gasteiger partial charge in [-0.3, -0.25) is 4.79 Å². The molecular formula is C26H24N2O3. The number of carbonyl (C=O) groups excluding carboxylic acids is 1. The van der Waals surface area contributed by atoms with Crippen LogP contribution in [0.5, 0.6) is 5.75 Å². The first-order valence-corrected chi connectivity index (χ1v) is 10.6. The molecule has 0 unspecified atom stereocenters. The molecule has 1 amide bonds. The van der Waals surface area contributed by atoms with Crippen molar-refractivity contribution in [2.75, 3.05) is 13.7 Å². The van der Waals surface area contributed by atoms with Gasteiger partial charge in [0.1, 0.15) is 17.3 Å². The van der Waals surface area contributed by atoms with Gasteiger partial charge in [0.05, 0.1) is 7.11 Å². The molecule has 0 radical (unpaired) electrons. The highest BCUT2D eigenvalue weighted by Crippen LogP contribution is 2.35. The lowest BCUT2D eigenvalue weighted by atomic mass is 10.0. The Morgan fingerprint density at radius 2 is 1.97 bits per heavy atom. The molecule has 1 aliphatic heterocycles. The molecule has 0 spiro atoms. The van der Waals surface area contributed by atoms with Crippen LogP contribution in [0.4, 0.5) is 0 Å². The van der Waals surface area contributed by atoms with Crippen LogP contribution in [-0.4, -0.2) is 29.4 Å². The Hall–Kier alpha value is -3.60. The number of carbonyl (C=O) groups is 1. The summed E-state index contributed by atoms with van der Waals surface area (Å²) in [5, 5.41) is 0. The van der Waals surface area contributed by atoms with Crippen molar-refractivity contribution >= 4 is 17.0 Å². The third-order valence-electron chi connectivity index (χ3n) is 5.98. The number of nitrogens with zero attached hydrogens (tertiary/aromatic N) is 2. The summed E-state index contributed by atoms with van der Waals surface area (Å²) in [4.78, 5) is 19.8. The van der Waals surface area contributed by atoms with E-state index in [-0.39, 0.29) is 11.9 Å². The zero-order valence-electron chi connectivity index (χ0n) is 17.7. The summed E-state index contributed by atoms with van der Waals surface area (Å²) in [6.45, 7) is 2.79. The number of benzene rings is 3. The lowest BCUT2D eigenvalue weighted by Crippen LogP contribution is -2.30. The molecule has 3 aromatic carbocycles. The minimum absolute atomic E-state index is 0.0238. The van der Waals surface area contributed by atoms with E-state index in [1.165, 1.54) is 11.1 Å². The number of aromatic nitrogens is 1. The zero-order chi connectivity index (χ0) is 21.4. The second kappa shape index (κ2) is 7.91. The third kappa shape index (κ3) is 3.56. The first kappa shape index (κ1) is 19.4. The number of fused-ring (bicyclic) bond motifs is 1. The van der Waals surface area contributed by atoms with E-state index < -0.39 is 0 Å². The Balaban J connectivity index is 1.46. The van der Waals surface area contributed by atoms with Crippen LogP contribution >= 0.6 is 0 Å². The SMILES string of the molecule is COc1cccc(C(=O)N2CCC[C@@H]2c2nc3cc(-c4ccccc4C)ccc3o2)c1. The summed E-state index contributed by atoms with van der Waals surface area (Å²) in [6.07, 6.45) is 1.76. The van der Waals surface area contributed by atoms with Gasteiger partial charge in [-0.05, 0) is 66.8 Å². The fourth-order valence-electron chi connectivity index (χ4n) is 4.34. The van der Waals surface area contributed by atoms with E-state index in [2.05, 4.69) is 31.2 Å². The molecule has 1 saturated heterocycles. The molecule has 5 rings (SSSR count). The lowest BCUT2D eigenvalue weighted by Gasteiger charge is -2.22. The molecule has 1 atom stereocenters. The monoisotopic (exact) mass is 412 g/mol. The maximum Gasteiger partial charge on any atom is 0.254 e. The van der Waals surface area contributed by atoms with Crippen LogP contribution in [0.1, 0.15) is 40.7 Å². The zero-order valence-corrected chi connectivity index (χ0v) is 17.7. The summed E-state index contributed by atoms with van der Waals surface area (Å²) in [7, 11) is 1.60. The molecule has 0 aliphatic carbocycles.